The lowest BCUT2D eigenvalue weighted by Crippen LogP contribution is -2.53. The molecule has 1 heterocycles. The smallest absolute Gasteiger partial charge is 0.255 e. The number of likely N-dealkylation sites (N-methyl/N-ethyl adjacent to an activating group) is 1. The summed E-state index contributed by atoms with van der Waals surface area (Å²) in [6.07, 6.45) is 1.11. The van der Waals surface area contributed by atoms with Crippen molar-refractivity contribution in [2.24, 2.45) is 0 Å². The lowest BCUT2D eigenvalue weighted by Gasteiger charge is -2.30. The lowest BCUT2D eigenvalue weighted by molar-refractivity contribution is -0.136. The number of nitrogens with zero attached hydrogens (tertiary/aromatic N) is 1. The van der Waals surface area contributed by atoms with Gasteiger partial charge in [0.1, 0.15) is 6.04 Å². The number of piperidine rings is 1. The van der Waals surface area contributed by atoms with Crippen LogP contribution < -0.4 is 5.32 Å². The quantitative estimate of drug-likeness (QED) is 0.655. The highest BCUT2D eigenvalue weighted by Crippen LogP contribution is 2.19. The minimum Gasteiger partial charge on any atom is -0.330 e. The third-order valence-electron chi connectivity index (χ3n) is 3.64. The molecular weight excluding hydrogens is 272 g/mol. The Hall–Kier alpha value is -2.50. The summed E-state index contributed by atoms with van der Waals surface area (Å²) in [5.41, 5.74) is 1.25. The number of aryl methyl sites for hydroxylation is 1. The number of rotatable bonds is 3. The maximum Gasteiger partial charge on any atom is 0.255 e. The van der Waals surface area contributed by atoms with E-state index < -0.39 is 17.9 Å². The van der Waals surface area contributed by atoms with Crippen molar-refractivity contribution in [2.45, 2.75) is 25.8 Å². The molecule has 6 heteroatoms. The van der Waals surface area contributed by atoms with Crippen LogP contribution in [0.15, 0.2) is 18.2 Å². The van der Waals surface area contributed by atoms with Crippen molar-refractivity contribution >= 4 is 24.0 Å². The van der Waals surface area contributed by atoms with Gasteiger partial charge >= 0.3 is 0 Å². The highest BCUT2D eigenvalue weighted by molar-refractivity contribution is 6.06. The van der Waals surface area contributed by atoms with E-state index in [4.69, 9.17) is 0 Å². The number of hydrogen-bond donors (Lipinski definition) is 1. The minimum atomic E-state index is -0.700. The van der Waals surface area contributed by atoms with Crippen molar-refractivity contribution in [3.63, 3.8) is 0 Å². The first-order valence-electron chi connectivity index (χ1n) is 6.61. The monoisotopic (exact) mass is 288 g/mol. The molecule has 1 aliphatic rings. The fourth-order valence-corrected chi connectivity index (χ4v) is 2.45. The number of hydrogen-bond acceptors (Lipinski definition) is 4. The Balaban J connectivity index is 2.30. The number of aldehydes is 1. The van der Waals surface area contributed by atoms with Crippen molar-refractivity contribution in [2.75, 3.05) is 7.05 Å². The zero-order valence-corrected chi connectivity index (χ0v) is 11.9. The third-order valence-corrected chi connectivity index (χ3v) is 3.64. The highest BCUT2D eigenvalue weighted by atomic mass is 16.2. The second kappa shape index (κ2) is 5.87. The van der Waals surface area contributed by atoms with Gasteiger partial charge in [0.25, 0.3) is 5.91 Å². The van der Waals surface area contributed by atoms with Crippen LogP contribution in [-0.2, 0) is 9.59 Å². The van der Waals surface area contributed by atoms with Gasteiger partial charge in [-0.15, -0.1) is 0 Å². The van der Waals surface area contributed by atoms with Crippen molar-refractivity contribution in [3.8, 4) is 0 Å². The summed E-state index contributed by atoms with van der Waals surface area (Å²) in [7, 11) is 1.50. The van der Waals surface area contributed by atoms with Crippen LogP contribution in [0.4, 0.5) is 0 Å². The fourth-order valence-electron chi connectivity index (χ4n) is 2.45. The van der Waals surface area contributed by atoms with Crippen LogP contribution in [0.1, 0.15) is 39.1 Å². The molecule has 1 aromatic rings. The maximum absolute atomic E-state index is 12.6. The van der Waals surface area contributed by atoms with Crippen LogP contribution in [0.2, 0.25) is 0 Å². The van der Waals surface area contributed by atoms with Crippen LogP contribution in [0, 0.1) is 6.92 Å². The van der Waals surface area contributed by atoms with Crippen LogP contribution in [0.3, 0.4) is 0 Å². The molecule has 21 heavy (non-hydrogen) atoms. The van der Waals surface area contributed by atoms with Gasteiger partial charge in [-0.2, -0.15) is 0 Å². The summed E-state index contributed by atoms with van der Waals surface area (Å²) in [6, 6.07) is 4.29. The van der Waals surface area contributed by atoms with E-state index in [1.54, 1.807) is 25.1 Å². The van der Waals surface area contributed by atoms with Crippen LogP contribution in [0.5, 0.6) is 0 Å². The van der Waals surface area contributed by atoms with Gasteiger partial charge in [0.15, 0.2) is 6.29 Å². The predicted octanol–water partition coefficient (Wildman–Crippen LogP) is 0.685. The summed E-state index contributed by atoms with van der Waals surface area (Å²) >= 11 is 0. The Kier molecular flexibility index (Phi) is 4.16. The Morgan fingerprint density at radius 3 is 2.71 bits per heavy atom. The molecule has 1 fully saturated rings. The molecule has 2 rings (SSSR count). The number of amides is 3. The number of carbonyl (C=O) groups is 4. The molecule has 3 amide bonds. The van der Waals surface area contributed by atoms with E-state index in [2.05, 4.69) is 5.32 Å². The van der Waals surface area contributed by atoms with Gasteiger partial charge in [0.05, 0.1) is 5.56 Å². The topological polar surface area (TPSA) is 83.6 Å². The normalized spacial score (nSPS) is 18.1. The molecule has 6 nitrogen and oxygen atoms in total. The van der Waals surface area contributed by atoms with Crippen LogP contribution >= 0.6 is 0 Å². The molecule has 1 unspecified atom stereocenters. The average molecular weight is 288 g/mol. The number of nitrogens with one attached hydrogen (secondary N) is 1. The van der Waals surface area contributed by atoms with E-state index in [0.29, 0.717) is 23.0 Å². The molecule has 0 spiro atoms. The van der Waals surface area contributed by atoms with E-state index in [-0.39, 0.29) is 18.7 Å². The molecule has 0 aromatic heterocycles. The maximum atomic E-state index is 12.6. The zero-order chi connectivity index (χ0) is 15.6. The summed E-state index contributed by atoms with van der Waals surface area (Å²) in [6.45, 7) is 1.73. The van der Waals surface area contributed by atoms with Crippen LogP contribution in [0.25, 0.3) is 0 Å². The molecule has 0 radical (unpaired) electrons. The van der Waals surface area contributed by atoms with E-state index in [9.17, 15) is 19.2 Å². The molecule has 0 saturated carbocycles. The summed E-state index contributed by atoms with van der Waals surface area (Å²) in [5, 5.41) is 2.22. The Labute approximate surface area is 122 Å². The molecule has 0 aliphatic carbocycles. The minimum absolute atomic E-state index is 0.197. The van der Waals surface area contributed by atoms with Crippen LogP contribution in [-0.4, -0.2) is 42.0 Å². The Morgan fingerprint density at radius 1 is 1.38 bits per heavy atom. The molecule has 1 N–H and O–H groups in total. The molecule has 1 aliphatic heterocycles. The molecule has 0 bridgehead atoms. The highest BCUT2D eigenvalue weighted by Gasteiger charge is 2.33. The first-order chi connectivity index (χ1) is 9.95. The van der Waals surface area contributed by atoms with E-state index in [1.165, 1.54) is 11.9 Å². The first-order valence-corrected chi connectivity index (χ1v) is 6.61. The SMILES string of the molecule is Cc1cccc(C=O)c1C(=O)N(C)C1CCC(=O)NC1=O. The summed E-state index contributed by atoms with van der Waals surface area (Å²) < 4.78 is 0. The van der Waals surface area contributed by atoms with Gasteiger partial charge < -0.3 is 4.90 Å². The Bertz CT molecular complexity index is 624. The number of benzene rings is 1. The van der Waals surface area contributed by atoms with E-state index >= 15 is 0 Å². The number of carbonyl (C=O) groups excluding carboxylic acids is 4. The van der Waals surface area contributed by atoms with E-state index in [1.807, 2.05) is 0 Å². The zero-order valence-electron chi connectivity index (χ0n) is 11.9. The van der Waals surface area contributed by atoms with Gasteiger partial charge in [-0.25, -0.2) is 0 Å². The van der Waals surface area contributed by atoms with Crippen molar-refractivity contribution in [3.05, 3.63) is 34.9 Å². The van der Waals surface area contributed by atoms with Crippen molar-refractivity contribution in [1.82, 2.24) is 10.2 Å². The molecule has 110 valence electrons. The first kappa shape index (κ1) is 14.9. The van der Waals surface area contributed by atoms with Gasteiger partial charge in [-0.05, 0) is 18.9 Å². The predicted molar refractivity (Wildman–Crippen MR) is 74.8 cm³/mol. The van der Waals surface area contributed by atoms with E-state index in [0.717, 1.165) is 0 Å². The van der Waals surface area contributed by atoms with Crippen molar-refractivity contribution < 1.29 is 19.2 Å². The molecule has 1 atom stereocenters. The lowest BCUT2D eigenvalue weighted by atomic mass is 9.99. The summed E-state index contributed by atoms with van der Waals surface area (Å²) in [4.78, 5) is 47.9. The third kappa shape index (κ3) is 2.84. The fraction of sp³-hybridized carbons (Fsp3) is 0.333. The molecule has 1 saturated heterocycles. The van der Waals surface area contributed by atoms with Gasteiger partial charge in [0.2, 0.25) is 11.8 Å². The second-order valence-corrected chi connectivity index (χ2v) is 5.04. The number of imide groups is 1. The Morgan fingerprint density at radius 2 is 2.10 bits per heavy atom. The molecule has 1 aromatic carbocycles. The second-order valence-electron chi connectivity index (χ2n) is 5.04. The van der Waals surface area contributed by atoms with Gasteiger partial charge in [-0.3, -0.25) is 24.5 Å². The van der Waals surface area contributed by atoms with Gasteiger partial charge in [0, 0.05) is 19.0 Å². The average Bonchev–Trinajstić information content (AvgIpc) is 2.45. The van der Waals surface area contributed by atoms with Gasteiger partial charge in [-0.1, -0.05) is 18.2 Å². The largest absolute Gasteiger partial charge is 0.330 e. The summed E-state index contributed by atoms with van der Waals surface area (Å²) in [5.74, 6) is -1.21. The molecular formula is C15H16N2O4. The van der Waals surface area contributed by atoms with Crippen molar-refractivity contribution in [1.29, 1.82) is 0 Å². The standard InChI is InChI=1S/C15H16N2O4/c1-9-4-3-5-10(8-18)13(9)15(21)17(2)11-6-7-12(19)16-14(11)20/h3-5,8,11H,6-7H2,1-2H3,(H,16,19,20).